The number of unbranched alkanes of at least 4 members (excludes halogenated alkanes) is 1. The highest BCUT2D eigenvalue weighted by molar-refractivity contribution is 5.82. The van der Waals surface area contributed by atoms with Crippen LogP contribution in [0.5, 0.6) is 0 Å². The Hall–Kier alpha value is -2.05. The zero-order chi connectivity index (χ0) is 14.9. The maximum Gasteiger partial charge on any atom is 0.423 e. The number of hydrogen-bond donors (Lipinski definition) is 0. The lowest BCUT2D eigenvalue weighted by Gasteiger charge is -2.06. The van der Waals surface area contributed by atoms with Gasteiger partial charge in [-0.05, 0) is 12.5 Å². The van der Waals surface area contributed by atoms with Gasteiger partial charge in [-0.25, -0.2) is 0 Å². The molecule has 0 aliphatic heterocycles. The van der Waals surface area contributed by atoms with Crippen molar-refractivity contribution in [1.82, 2.24) is 0 Å². The van der Waals surface area contributed by atoms with Crippen LogP contribution >= 0.6 is 0 Å². The Balaban J connectivity index is 2.56. The first kappa shape index (κ1) is 14.4. The Labute approximate surface area is 112 Å². The average Bonchev–Trinajstić information content (AvgIpc) is 2.75. The molecule has 20 heavy (non-hydrogen) atoms. The average molecular weight is 287 g/mol. The van der Waals surface area contributed by atoms with E-state index in [1.165, 1.54) is 0 Å². The highest BCUT2D eigenvalue weighted by Crippen LogP contribution is 2.39. The second kappa shape index (κ2) is 5.15. The number of benzene rings is 1. The molecule has 0 N–H and O–H groups in total. The second-order valence-corrected chi connectivity index (χ2v) is 4.48. The normalized spacial score (nSPS) is 12.0. The van der Waals surface area contributed by atoms with E-state index in [1.54, 1.807) is 6.07 Å². The molecule has 1 aromatic heterocycles. The maximum atomic E-state index is 12.8. The fraction of sp³-hybridized carbons (Fsp3) is 0.385. The van der Waals surface area contributed by atoms with Crippen LogP contribution in [-0.4, -0.2) is 4.92 Å². The van der Waals surface area contributed by atoms with Gasteiger partial charge in [0.1, 0.15) is 16.9 Å². The van der Waals surface area contributed by atoms with Crippen LogP contribution in [0.3, 0.4) is 0 Å². The van der Waals surface area contributed by atoms with Crippen molar-refractivity contribution >= 4 is 16.7 Å². The predicted molar refractivity (Wildman–Crippen MR) is 66.5 cm³/mol. The Morgan fingerprint density at radius 2 is 2.00 bits per heavy atom. The van der Waals surface area contributed by atoms with E-state index in [4.69, 9.17) is 4.42 Å². The van der Waals surface area contributed by atoms with Crippen molar-refractivity contribution in [3.05, 3.63) is 39.6 Å². The van der Waals surface area contributed by atoms with E-state index < -0.39 is 22.4 Å². The molecule has 0 bridgehead atoms. The molecule has 0 unspecified atom stereocenters. The molecule has 0 fully saturated rings. The minimum absolute atomic E-state index is 0.0222. The zero-order valence-electron chi connectivity index (χ0n) is 10.7. The second-order valence-electron chi connectivity index (χ2n) is 4.48. The lowest BCUT2D eigenvalue weighted by molar-refractivity contribution is -0.387. The Bertz CT molecular complexity index is 646. The molecule has 1 heterocycles. The molecule has 108 valence electrons. The molecule has 2 aromatic rings. The SMILES string of the molecule is CCCCc1cc2cc([N+](=O)[O-])c(C(F)(F)F)cc2o1. The van der Waals surface area contributed by atoms with Gasteiger partial charge in [-0.3, -0.25) is 10.1 Å². The summed E-state index contributed by atoms with van der Waals surface area (Å²) in [5, 5.41) is 11.1. The van der Waals surface area contributed by atoms with Crippen molar-refractivity contribution in [2.45, 2.75) is 32.4 Å². The van der Waals surface area contributed by atoms with Gasteiger partial charge in [0.05, 0.1) is 4.92 Å². The minimum atomic E-state index is -4.78. The molecule has 0 saturated heterocycles. The van der Waals surface area contributed by atoms with E-state index in [9.17, 15) is 23.3 Å². The highest BCUT2D eigenvalue weighted by Gasteiger charge is 2.39. The van der Waals surface area contributed by atoms with Crippen LogP contribution in [0.1, 0.15) is 31.1 Å². The quantitative estimate of drug-likeness (QED) is 0.604. The Kier molecular flexibility index (Phi) is 3.69. The number of rotatable bonds is 4. The van der Waals surface area contributed by atoms with E-state index in [-0.39, 0.29) is 5.58 Å². The smallest absolute Gasteiger partial charge is 0.423 e. The van der Waals surface area contributed by atoms with Crippen molar-refractivity contribution in [2.75, 3.05) is 0 Å². The topological polar surface area (TPSA) is 56.3 Å². The molecule has 0 radical (unpaired) electrons. The summed E-state index contributed by atoms with van der Waals surface area (Å²) in [5.41, 5.74) is -2.21. The molecule has 2 rings (SSSR count). The van der Waals surface area contributed by atoms with E-state index in [0.29, 0.717) is 23.6 Å². The lowest BCUT2D eigenvalue weighted by Crippen LogP contribution is -2.08. The number of nitro benzene ring substituents is 1. The summed E-state index contributed by atoms with van der Waals surface area (Å²) in [4.78, 5) is 9.74. The number of nitrogens with zero attached hydrogens (tertiary/aromatic N) is 1. The number of nitro groups is 1. The Morgan fingerprint density at radius 1 is 1.30 bits per heavy atom. The van der Waals surface area contributed by atoms with Crippen LogP contribution < -0.4 is 0 Å². The summed E-state index contributed by atoms with van der Waals surface area (Å²) in [6.07, 6.45) is -2.42. The fourth-order valence-electron chi connectivity index (χ4n) is 1.98. The van der Waals surface area contributed by atoms with Crippen LogP contribution in [-0.2, 0) is 12.6 Å². The first-order valence-corrected chi connectivity index (χ1v) is 6.11. The van der Waals surface area contributed by atoms with Gasteiger partial charge in [-0.15, -0.1) is 0 Å². The summed E-state index contributed by atoms with van der Waals surface area (Å²) < 4.78 is 43.7. The summed E-state index contributed by atoms with van der Waals surface area (Å²) in [6, 6.07) is 3.16. The van der Waals surface area contributed by atoms with Crippen molar-refractivity contribution in [3.8, 4) is 0 Å². The molecular weight excluding hydrogens is 275 g/mol. The van der Waals surface area contributed by atoms with Gasteiger partial charge < -0.3 is 4.42 Å². The van der Waals surface area contributed by atoms with Crippen LogP contribution in [0.15, 0.2) is 22.6 Å². The van der Waals surface area contributed by atoms with Gasteiger partial charge in [-0.2, -0.15) is 13.2 Å². The van der Waals surface area contributed by atoms with Crippen LogP contribution in [0.25, 0.3) is 11.0 Å². The number of fused-ring (bicyclic) bond motifs is 1. The van der Waals surface area contributed by atoms with Gasteiger partial charge in [0.2, 0.25) is 0 Å². The molecule has 0 aliphatic carbocycles. The molecule has 0 amide bonds. The van der Waals surface area contributed by atoms with E-state index in [2.05, 4.69) is 0 Å². The molecule has 0 aliphatic rings. The van der Waals surface area contributed by atoms with E-state index in [0.717, 1.165) is 18.9 Å². The third-order valence-electron chi connectivity index (χ3n) is 2.96. The zero-order valence-corrected chi connectivity index (χ0v) is 10.7. The predicted octanol–water partition coefficient (Wildman–Crippen LogP) is 4.70. The fourth-order valence-corrected chi connectivity index (χ4v) is 1.98. The van der Waals surface area contributed by atoms with Crippen LogP contribution in [0.2, 0.25) is 0 Å². The van der Waals surface area contributed by atoms with Crippen molar-refractivity contribution in [1.29, 1.82) is 0 Å². The highest BCUT2D eigenvalue weighted by atomic mass is 19.4. The Morgan fingerprint density at radius 3 is 2.55 bits per heavy atom. The summed E-state index contributed by atoms with van der Waals surface area (Å²) >= 11 is 0. The van der Waals surface area contributed by atoms with Gasteiger partial charge in [0.15, 0.2) is 0 Å². The summed E-state index contributed by atoms with van der Waals surface area (Å²) in [7, 11) is 0. The standard InChI is InChI=1S/C13H12F3NO3/c1-2-3-4-9-5-8-6-11(17(18)19)10(13(14,15)16)7-12(8)20-9/h5-7H,2-4H2,1H3. The number of hydrogen-bond acceptors (Lipinski definition) is 3. The van der Waals surface area contributed by atoms with Gasteiger partial charge in [0, 0.05) is 23.9 Å². The van der Waals surface area contributed by atoms with Gasteiger partial charge in [-0.1, -0.05) is 13.3 Å². The van der Waals surface area contributed by atoms with E-state index in [1.807, 2.05) is 6.92 Å². The monoisotopic (exact) mass is 287 g/mol. The molecular formula is C13H12F3NO3. The number of alkyl halides is 3. The third-order valence-corrected chi connectivity index (χ3v) is 2.96. The lowest BCUT2D eigenvalue weighted by atomic mass is 10.1. The van der Waals surface area contributed by atoms with Crippen molar-refractivity contribution in [3.63, 3.8) is 0 Å². The minimum Gasteiger partial charge on any atom is -0.461 e. The molecule has 0 saturated carbocycles. The number of halogens is 3. The first-order chi connectivity index (χ1) is 9.32. The van der Waals surface area contributed by atoms with Gasteiger partial charge >= 0.3 is 6.18 Å². The van der Waals surface area contributed by atoms with Gasteiger partial charge in [0.25, 0.3) is 5.69 Å². The van der Waals surface area contributed by atoms with E-state index >= 15 is 0 Å². The molecule has 0 spiro atoms. The summed E-state index contributed by atoms with van der Waals surface area (Å²) in [6.45, 7) is 1.98. The van der Waals surface area contributed by atoms with Crippen molar-refractivity contribution < 1.29 is 22.5 Å². The number of furan rings is 1. The van der Waals surface area contributed by atoms with Crippen molar-refractivity contribution in [2.24, 2.45) is 0 Å². The molecule has 0 atom stereocenters. The first-order valence-electron chi connectivity index (χ1n) is 6.11. The molecule has 7 heteroatoms. The summed E-state index contributed by atoms with van der Waals surface area (Å²) in [5.74, 6) is 0.537. The van der Waals surface area contributed by atoms with Crippen LogP contribution in [0.4, 0.5) is 18.9 Å². The number of aryl methyl sites for hydroxylation is 1. The van der Waals surface area contributed by atoms with Crippen LogP contribution in [0, 0.1) is 10.1 Å². The maximum absolute atomic E-state index is 12.8. The molecule has 4 nitrogen and oxygen atoms in total. The third kappa shape index (κ3) is 2.76. The largest absolute Gasteiger partial charge is 0.461 e. The molecule has 1 aromatic carbocycles.